The summed E-state index contributed by atoms with van der Waals surface area (Å²) in [6.45, 7) is 0. The molecule has 0 heterocycles. The Morgan fingerprint density at radius 1 is 1.54 bits per heavy atom. The van der Waals surface area contributed by atoms with E-state index in [0.717, 1.165) is 25.7 Å². The Kier molecular flexibility index (Phi) is 3.50. The maximum absolute atomic E-state index is 11.1. The van der Waals surface area contributed by atoms with Gasteiger partial charge in [-0.1, -0.05) is 12.8 Å². The third-order valence-electron chi connectivity index (χ3n) is 2.64. The zero-order chi connectivity index (χ0) is 9.84. The highest BCUT2D eigenvalue weighted by atomic mass is 16.3. The number of nitrogens with two attached hydrogens (primary N) is 1. The minimum atomic E-state index is -0.406. The first-order valence-corrected chi connectivity index (χ1v) is 4.58. The Morgan fingerprint density at radius 2 is 2.15 bits per heavy atom. The summed E-state index contributed by atoms with van der Waals surface area (Å²) in [5.74, 6) is 5.00. The molecule has 4 N–H and O–H groups in total. The predicted octanol–water partition coefficient (Wildman–Crippen LogP) is -0.195. The summed E-state index contributed by atoms with van der Waals surface area (Å²) in [7, 11) is 1.65. The number of rotatable bonds is 1. The molecule has 0 aromatic heterocycles. The smallest absolute Gasteiger partial charge is 0.331 e. The number of nitrogens with zero attached hydrogens (tertiary/aromatic N) is 1. The molecular formula is C8H17N3O2. The molecule has 0 aromatic carbocycles. The van der Waals surface area contributed by atoms with Gasteiger partial charge in [-0.3, -0.25) is 5.43 Å². The lowest BCUT2D eigenvalue weighted by molar-refractivity contribution is 0.0466. The summed E-state index contributed by atoms with van der Waals surface area (Å²) >= 11 is 0. The zero-order valence-corrected chi connectivity index (χ0v) is 7.86. The molecule has 2 amide bonds. The van der Waals surface area contributed by atoms with Gasteiger partial charge < -0.3 is 10.0 Å². The Balaban J connectivity index is 2.53. The molecule has 0 aromatic rings. The first kappa shape index (κ1) is 10.3. The summed E-state index contributed by atoms with van der Waals surface area (Å²) in [6.07, 6.45) is 3.31. The third-order valence-corrected chi connectivity index (χ3v) is 2.64. The summed E-state index contributed by atoms with van der Waals surface area (Å²) < 4.78 is 0. The van der Waals surface area contributed by atoms with Gasteiger partial charge in [0.25, 0.3) is 0 Å². The molecule has 13 heavy (non-hydrogen) atoms. The van der Waals surface area contributed by atoms with Crippen molar-refractivity contribution in [1.29, 1.82) is 0 Å². The number of nitrogens with one attached hydrogen (secondary N) is 1. The monoisotopic (exact) mass is 187 g/mol. The van der Waals surface area contributed by atoms with Crippen LogP contribution in [-0.4, -0.2) is 35.2 Å². The normalized spacial score (nSPS) is 28.2. The summed E-state index contributed by atoms with van der Waals surface area (Å²) in [5, 5.41) is 9.62. The fourth-order valence-electron chi connectivity index (χ4n) is 1.80. The van der Waals surface area contributed by atoms with Crippen LogP contribution in [0.1, 0.15) is 25.7 Å². The van der Waals surface area contributed by atoms with Crippen LogP contribution in [0.5, 0.6) is 0 Å². The molecule has 0 aliphatic heterocycles. The quantitative estimate of drug-likeness (QED) is 0.302. The standard InChI is InChI=1S/C8H17N3O2/c1-11(8(13)10-9)6-4-2-3-5-7(6)12/h6-7,12H,2-5,9H2,1H3,(H,10,13). The molecule has 5 nitrogen and oxygen atoms in total. The molecule has 2 atom stereocenters. The minimum Gasteiger partial charge on any atom is -0.391 e. The third kappa shape index (κ3) is 2.32. The van der Waals surface area contributed by atoms with E-state index in [1.807, 2.05) is 0 Å². The fraction of sp³-hybridized carbons (Fsp3) is 0.875. The van der Waals surface area contributed by atoms with Crippen molar-refractivity contribution in [2.24, 2.45) is 5.84 Å². The minimum absolute atomic E-state index is 0.0858. The molecule has 1 saturated carbocycles. The Labute approximate surface area is 77.9 Å². The van der Waals surface area contributed by atoms with Crippen molar-refractivity contribution in [3.05, 3.63) is 0 Å². The average Bonchev–Trinajstić information content (AvgIpc) is 2.16. The number of carbonyl (C=O) groups is 1. The Morgan fingerprint density at radius 3 is 2.69 bits per heavy atom. The highest BCUT2D eigenvalue weighted by molar-refractivity contribution is 5.73. The van der Waals surface area contributed by atoms with E-state index in [2.05, 4.69) is 5.43 Å². The molecule has 2 unspecified atom stereocenters. The molecule has 0 saturated heterocycles. The van der Waals surface area contributed by atoms with E-state index in [0.29, 0.717) is 0 Å². The Hall–Kier alpha value is -0.810. The largest absolute Gasteiger partial charge is 0.391 e. The maximum atomic E-state index is 11.1. The molecule has 0 bridgehead atoms. The summed E-state index contributed by atoms with van der Waals surface area (Å²) in [4.78, 5) is 12.6. The van der Waals surface area contributed by atoms with Gasteiger partial charge in [0.05, 0.1) is 12.1 Å². The van der Waals surface area contributed by atoms with E-state index in [4.69, 9.17) is 5.84 Å². The van der Waals surface area contributed by atoms with Crippen molar-refractivity contribution in [2.45, 2.75) is 37.8 Å². The number of hydrazine groups is 1. The van der Waals surface area contributed by atoms with Crippen molar-refractivity contribution < 1.29 is 9.90 Å². The lowest BCUT2D eigenvalue weighted by atomic mass is 9.92. The van der Waals surface area contributed by atoms with Gasteiger partial charge in [0.2, 0.25) is 0 Å². The second-order valence-electron chi connectivity index (χ2n) is 3.48. The van der Waals surface area contributed by atoms with Gasteiger partial charge >= 0.3 is 6.03 Å². The van der Waals surface area contributed by atoms with E-state index in [-0.39, 0.29) is 12.1 Å². The first-order valence-electron chi connectivity index (χ1n) is 4.58. The van der Waals surface area contributed by atoms with Gasteiger partial charge in [-0.15, -0.1) is 0 Å². The molecule has 1 fully saturated rings. The summed E-state index contributed by atoms with van der Waals surface area (Å²) in [5.41, 5.74) is 2.06. The van der Waals surface area contributed by atoms with Crippen LogP contribution in [0.15, 0.2) is 0 Å². The van der Waals surface area contributed by atoms with Crippen molar-refractivity contribution in [3.8, 4) is 0 Å². The van der Waals surface area contributed by atoms with Crippen LogP contribution in [0.4, 0.5) is 4.79 Å². The maximum Gasteiger partial charge on any atom is 0.331 e. The summed E-state index contributed by atoms with van der Waals surface area (Å²) in [6, 6.07) is -0.428. The van der Waals surface area contributed by atoms with Crippen molar-refractivity contribution in [1.82, 2.24) is 10.3 Å². The van der Waals surface area contributed by atoms with Crippen LogP contribution >= 0.6 is 0 Å². The Bertz CT molecular complexity index is 186. The molecule has 1 aliphatic rings. The zero-order valence-electron chi connectivity index (χ0n) is 7.86. The molecule has 0 radical (unpaired) electrons. The lowest BCUT2D eigenvalue weighted by Crippen LogP contribution is -2.51. The van der Waals surface area contributed by atoms with Crippen molar-refractivity contribution >= 4 is 6.03 Å². The number of carbonyl (C=O) groups excluding carboxylic acids is 1. The SMILES string of the molecule is CN(C(=O)NN)C1CCCCC1O. The van der Waals surface area contributed by atoms with Crippen LogP contribution in [0.25, 0.3) is 0 Å². The number of aliphatic hydroxyl groups excluding tert-OH is 1. The van der Waals surface area contributed by atoms with Crippen LogP contribution in [-0.2, 0) is 0 Å². The van der Waals surface area contributed by atoms with Gasteiger partial charge in [-0.05, 0) is 12.8 Å². The molecule has 5 heteroatoms. The van der Waals surface area contributed by atoms with Crippen LogP contribution in [0.3, 0.4) is 0 Å². The predicted molar refractivity (Wildman–Crippen MR) is 48.7 cm³/mol. The van der Waals surface area contributed by atoms with Gasteiger partial charge in [-0.25, -0.2) is 10.6 Å². The topological polar surface area (TPSA) is 78.6 Å². The van der Waals surface area contributed by atoms with Gasteiger partial charge in [0.15, 0.2) is 0 Å². The lowest BCUT2D eigenvalue weighted by Gasteiger charge is -2.34. The average molecular weight is 187 g/mol. The molecular weight excluding hydrogens is 170 g/mol. The molecule has 1 rings (SSSR count). The van der Waals surface area contributed by atoms with Gasteiger partial charge in [-0.2, -0.15) is 0 Å². The second kappa shape index (κ2) is 4.43. The van der Waals surface area contributed by atoms with Crippen molar-refractivity contribution in [2.75, 3.05) is 7.05 Å². The number of amides is 2. The first-order chi connectivity index (χ1) is 6.16. The number of hydrogen-bond acceptors (Lipinski definition) is 3. The number of likely N-dealkylation sites (N-methyl/N-ethyl adjacent to an activating group) is 1. The van der Waals surface area contributed by atoms with E-state index in [1.165, 1.54) is 4.90 Å². The van der Waals surface area contributed by atoms with E-state index < -0.39 is 6.10 Å². The molecule has 1 aliphatic carbocycles. The van der Waals surface area contributed by atoms with Crippen molar-refractivity contribution in [3.63, 3.8) is 0 Å². The van der Waals surface area contributed by atoms with E-state index in [9.17, 15) is 9.90 Å². The van der Waals surface area contributed by atoms with Crippen LogP contribution in [0, 0.1) is 0 Å². The number of urea groups is 1. The van der Waals surface area contributed by atoms with E-state index >= 15 is 0 Å². The second-order valence-corrected chi connectivity index (χ2v) is 3.48. The highest BCUT2D eigenvalue weighted by Gasteiger charge is 2.28. The fourth-order valence-corrected chi connectivity index (χ4v) is 1.80. The van der Waals surface area contributed by atoms with Gasteiger partial charge in [0.1, 0.15) is 0 Å². The number of aliphatic hydroxyl groups is 1. The molecule has 76 valence electrons. The molecule has 0 spiro atoms. The van der Waals surface area contributed by atoms with Gasteiger partial charge in [0, 0.05) is 7.05 Å². The number of hydrogen-bond donors (Lipinski definition) is 3. The van der Waals surface area contributed by atoms with E-state index in [1.54, 1.807) is 7.05 Å². The van der Waals surface area contributed by atoms with Crippen LogP contribution in [0.2, 0.25) is 0 Å². The highest BCUT2D eigenvalue weighted by Crippen LogP contribution is 2.22. The van der Waals surface area contributed by atoms with Crippen LogP contribution < -0.4 is 11.3 Å².